The van der Waals surface area contributed by atoms with Gasteiger partial charge in [-0.05, 0) is 43.3 Å². The fourth-order valence-corrected chi connectivity index (χ4v) is 2.80. The van der Waals surface area contributed by atoms with Gasteiger partial charge < -0.3 is 10.6 Å². The van der Waals surface area contributed by atoms with E-state index in [0.29, 0.717) is 17.1 Å². The number of hydrogen-bond acceptors (Lipinski definition) is 2. The molecular formula is C13H22N2OS. The molecule has 0 radical (unpaired) electrons. The fourth-order valence-electron chi connectivity index (χ4n) is 2.55. The van der Waals surface area contributed by atoms with Crippen molar-refractivity contribution in [3.05, 3.63) is 0 Å². The Bertz CT molecular complexity index is 315. The third-order valence-corrected chi connectivity index (χ3v) is 4.43. The van der Waals surface area contributed by atoms with Gasteiger partial charge >= 0.3 is 0 Å². The van der Waals surface area contributed by atoms with Crippen LogP contribution < -0.4 is 10.6 Å². The third kappa shape index (κ3) is 3.41. The van der Waals surface area contributed by atoms with Crippen LogP contribution in [-0.2, 0) is 4.79 Å². The molecule has 4 heteroatoms. The molecular weight excluding hydrogens is 232 g/mol. The van der Waals surface area contributed by atoms with Crippen molar-refractivity contribution in [2.24, 2.45) is 17.8 Å². The minimum atomic E-state index is 0.0963. The van der Waals surface area contributed by atoms with E-state index in [0.717, 1.165) is 25.2 Å². The van der Waals surface area contributed by atoms with E-state index in [-0.39, 0.29) is 11.8 Å². The van der Waals surface area contributed by atoms with E-state index in [4.69, 9.17) is 12.2 Å². The van der Waals surface area contributed by atoms with Crippen molar-refractivity contribution in [3.63, 3.8) is 0 Å². The molecule has 0 spiro atoms. The van der Waals surface area contributed by atoms with Crippen molar-refractivity contribution in [1.29, 1.82) is 0 Å². The summed E-state index contributed by atoms with van der Waals surface area (Å²) in [6.07, 6.45) is 5.75. The van der Waals surface area contributed by atoms with Gasteiger partial charge in [0.25, 0.3) is 0 Å². The van der Waals surface area contributed by atoms with E-state index in [9.17, 15) is 4.79 Å². The largest absolute Gasteiger partial charge is 0.359 e. The van der Waals surface area contributed by atoms with Crippen molar-refractivity contribution >= 4 is 23.2 Å². The van der Waals surface area contributed by atoms with Gasteiger partial charge in [-0.2, -0.15) is 0 Å². The maximum Gasteiger partial charge on any atom is 0.229 e. The summed E-state index contributed by atoms with van der Waals surface area (Å²) in [5, 5.41) is 6.64. The topological polar surface area (TPSA) is 41.1 Å². The van der Waals surface area contributed by atoms with Crippen molar-refractivity contribution < 1.29 is 4.79 Å². The highest BCUT2D eigenvalue weighted by atomic mass is 32.1. The van der Waals surface area contributed by atoms with E-state index < -0.39 is 0 Å². The van der Waals surface area contributed by atoms with Gasteiger partial charge in [-0.1, -0.05) is 26.7 Å². The Balaban J connectivity index is 1.78. The minimum Gasteiger partial charge on any atom is -0.359 e. The van der Waals surface area contributed by atoms with Crippen LogP contribution >= 0.6 is 12.2 Å². The first-order chi connectivity index (χ1) is 8.08. The smallest absolute Gasteiger partial charge is 0.229 e. The predicted octanol–water partition coefficient (Wildman–Crippen LogP) is 2.21. The summed E-state index contributed by atoms with van der Waals surface area (Å²) in [7, 11) is 0. The molecule has 2 saturated carbocycles. The summed E-state index contributed by atoms with van der Waals surface area (Å²) in [5.74, 6) is 1.68. The maximum absolute atomic E-state index is 11.6. The van der Waals surface area contributed by atoms with Gasteiger partial charge in [0, 0.05) is 12.0 Å². The van der Waals surface area contributed by atoms with Crippen LogP contribution in [0.3, 0.4) is 0 Å². The molecule has 2 rings (SSSR count). The lowest BCUT2D eigenvalue weighted by Gasteiger charge is -2.35. The van der Waals surface area contributed by atoms with E-state index in [1.165, 1.54) is 12.8 Å². The average molecular weight is 254 g/mol. The molecule has 0 bridgehead atoms. The summed E-state index contributed by atoms with van der Waals surface area (Å²) in [6.45, 7) is 4.57. The van der Waals surface area contributed by atoms with Crippen LogP contribution in [0.2, 0.25) is 0 Å². The first-order valence-electron chi connectivity index (χ1n) is 6.69. The molecule has 3 nitrogen and oxygen atoms in total. The summed E-state index contributed by atoms with van der Waals surface area (Å²) < 4.78 is 0. The van der Waals surface area contributed by atoms with Crippen LogP contribution in [-0.4, -0.2) is 17.1 Å². The van der Waals surface area contributed by atoms with Crippen LogP contribution in [0.15, 0.2) is 0 Å². The number of rotatable bonds is 2. The molecule has 96 valence electrons. The number of thiocarbonyl (C=S) groups is 1. The molecule has 0 aromatic heterocycles. The molecule has 2 aliphatic rings. The van der Waals surface area contributed by atoms with Gasteiger partial charge in [-0.25, -0.2) is 0 Å². The van der Waals surface area contributed by atoms with Crippen LogP contribution in [0.5, 0.6) is 0 Å². The highest BCUT2D eigenvalue weighted by Gasteiger charge is 2.31. The van der Waals surface area contributed by atoms with Crippen molar-refractivity contribution in [2.75, 3.05) is 0 Å². The van der Waals surface area contributed by atoms with Crippen LogP contribution in [0.1, 0.15) is 46.0 Å². The lowest BCUT2D eigenvalue weighted by atomic mass is 9.78. The van der Waals surface area contributed by atoms with Crippen molar-refractivity contribution in [1.82, 2.24) is 10.6 Å². The minimum absolute atomic E-state index is 0.0963. The summed E-state index contributed by atoms with van der Waals surface area (Å²) in [6, 6.07) is 0.422. The van der Waals surface area contributed by atoms with E-state index in [1.807, 2.05) is 0 Å². The molecule has 0 unspecified atom stereocenters. The standard InChI is InChI=1S/C13H22N2OS/c1-8-4-3-5-11(9(8)2)14-13(17)15-12(16)10-6-7-10/h8-11H,3-7H2,1-2H3,(H2,14,15,16,17)/t8-,9+,11-/m1/s1. The zero-order valence-electron chi connectivity index (χ0n) is 10.7. The second-order valence-electron chi connectivity index (χ2n) is 5.61. The van der Waals surface area contributed by atoms with Gasteiger partial charge in [-0.15, -0.1) is 0 Å². The molecule has 3 atom stereocenters. The van der Waals surface area contributed by atoms with Gasteiger partial charge in [0.1, 0.15) is 0 Å². The molecule has 17 heavy (non-hydrogen) atoms. The Morgan fingerprint density at radius 1 is 1.18 bits per heavy atom. The quantitative estimate of drug-likeness (QED) is 0.742. The van der Waals surface area contributed by atoms with Gasteiger partial charge in [-0.3, -0.25) is 4.79 Å². The summed E-state index contributed by atoms with van der Waals surface area (Å²) >= 11 is 5.21. The van der Waals surface area contributed by atoms with Crippen LogP contribution in [0, 0.1) is 17.8 Å². The third-order valence-electron chi connectivity index (χ3n) is 4.21. The molecule has 2 fully saturated rings. The zero-order chi connectivity index (χ0) is 12.4. The number of amides is 1. The Morgan fingerprint density at radius 2 is 1.88 bits per heavy atom. The van der Waals surface area contributed by atoms with Gasteiger partial charge in [0.05, 0.1) is 0 Å². The molecule has 2 N–H and O–H groups in total. The van der Waals surface area contributed by atoms with Crippen molar-refractivity contribution in [2.45, 2.75) is 52.0 Å². The monoisotopic (exact) mass is 254 g/mol. The second-order valence-corrected chi connectivity index (χ2v) is 6.02. The first-order valence-corrected chi connectivity index (χ1v) is 7.10. The molecule has 2 aliphatic carbocycles. The molecule has 1 amide bonds. The van der Waals surface area contributed by atoms with Crippen LogP contribution in [0.4, 0.5) is 0 Å². The highest BCUT2D eigenvalue weighted by Crippen LogP contribution is 2.30. The summed E-state index contributed by atoms with van der Waals surface area (Å²) in [4.78, 5) is 11.6. The fraction of sp³-hybridized carbons (Fsp3) is 0.846. The predicted molar refractivity (Wildman–Crippen MR) is 72.6 cm³/mol. The maximum atomic E-state index is 11.6. The molecule has 0 aromatic rings. The second kappa shape index (κ2) is 5.34. The first kappa shape index (κ1) is 12.8. The zero-order valence-corrected chi connectivity index (χ0v) is 11.5. The Morgan fingerprint density at radius 3 is 2.53 bits per heavy atom. The lowest BCUT2D eigenvalue weighted by molar-refractivity contribution is -0.120. The highest BCUT2D eigenvalue weighted by molar-refractivity contribution is 7.80. The number of carbonyl (C=O) groups excluding carboxylic acids is 1. The van der Waals surface area contributed by atoms with Gasteiger partial charge in [0.15, 0.2) is 5.11 Å². The normalized spacial score (nSPS) is 32.9. The Hall–Kier alpha value is -0.640. The SMILES string of the molecule is C[C@H]1[C@H](C)CCC[C@H]1NC(=S)NC(=O)C1CC1. The molecule has 0 aliphatic heterocycles. The Kier molecular flexibility index (Phi) is 4.02. The number of hydrogen-bond donors (Lipinski definition) is 2. The number of carbonyl (C=O) groups is 1. The summed E-state index contributed by atoms with van der Waals surface area (Å²) in [5.41, 5.74) is 0. The lowest BCUT2D eigenvalue weighted by Crippen LogP contribution is -2.49. The van der Waals surface area contributed by atoms with Crippen LogP contribution in [0.25, 0.3) is 0 Å². The van der Waals surface area contributed by atoms with E-state index >= 15 is 0 Å². The van der Waals surface area contributed by atoms with Gasteiger partial charge in [0.2, 0.25) is 5.91 Å². The number of nitrogens with one attached hydrogen (secondary N) is 2. The molecule has 0 heterocycles. The van der Waals surface area contributed by atoms with E-state index in [1.54, 1.807) is 0 Å². The molecule has 0 aromatic carbocycles. The van der Waals surface area contributed by atoms with E-state index in [2.05, 4.69) is 24.5 Å². The van der Waals surface area contributed by atoms with Crippen molar-refractivity contribution in [3.8, 4) is 0 Å². The Labute approximate surface area is 109 Å². The average Bonchev–Trinajstić information content (AvgIpc) is 3.08. The molecule has 0 saturated heterocycles.